The third-order valence-corrected chi connectivity index (χ3v) is 8.48. The molecular weight excluding hydrogens is 448 g/mol. The van der Waals surface area contributed by atoms with Gasteiger partial charge in [0.05, 0.1) is 12.1 Å². The van der Waals surface area contributed by atoms with E-state index in [4.69, 9.17) is 4.74 Å². The van der Waals surface area contributed by atoms with Gasteiger partial charge in [0, 0.05) is 67.9 Å². The fourth-order valence-corrected chi connectivity index (χ4v) is 6.22. The van der Waals surface area contributed by atoms with Crippen LogP contribution in [-0.4, -0.2) is 60.0 Å². The maximum Gasteiger partial charge on any atom is 0.171 e. The highest BCUT2D eigenvalue weighted by atomic mass is 16.5. The van der Waals surface area contributed by atoms with Crippen LogP contribution in [0.25, 0.3) is 10.9 Å². The minimum absolute atomic E-state index is 0.283. The second kappa shape index (κ2) is 10.6. The molecular formula is C30H36N4O2. The van der Waals surface area contributed by atoms with Gasteiger partial charge in [0.1, 0.15) is 0 Å². The normalized spacial score (nSPS) is 22.4. The Morgan fingerprint density at radius 2 is 1.78 bits per heavy atom. The molecule has 2 aliphatic heterocycles. The number of piperazine rings is 1. The summed E-state index contributed by atoms with van der Waals surface area (Å²) in [7, 11) is 0. The van der Waals surface area contributed by atoms with Crippen molar-refractivity contribution in [3.63, 3.8) is 0 Å². The molecule has 2 fully saturated rings. The molecule has 1 saturated heterocycles. The minimum Gasteiger partial charge on any atom is -0.489 e. The summed E-state index contributed by atoms with van der Waals surface area (Å²) < 4.78 is 5.87. The fraction of sp³-hybridized carbons (Fsp3) is 0.500. The molecule has 6 heteroatoms. The first kappa shape index (κ1) is 23.4. The van der Waals surface area contributed by atoms with Crippen molar-refractivity contribution >= 4 is 22.5 Å². The molecule has 3 aliphatic rings. The molecule has 0 atom stereocenters. The summed E-state index contributed by atoms with van der Waals surface area (Å²) in [6.45, 7) is 6.20. The fourth-order valence-electron chi connectivity index (χ4n) is 6.22. The lowest BCUT2D eigenvalue weighted by Crippen LogP contribution is -2.47. The van der Waals surface area contributed by atoms with Crippen LogP contribution in [0.2, 0.25) is 0 Å². The van der Waals surface area contributed by atoms with E-state index in [2.05, 4.69) is 25.8 Å². The summed E-state index contributed by atoms with van der Waals surface area (Å²) in [5.74, 6) is 3.67. The molecule has 188 valence electrons. The van der Waals surface area contributed by atoms with Crippen molar-refractivity contribution in [1.29, 1.82) is 0 Å². The van der Waals surface area contributed by atoms with Gasteiger partial charge in [0.2, 0.25) is 0 Å². The van der Waals surface area contributed by atoms with Crippen molar-refractivity contribution in [2.24, 2.45) is 11.8 Å². The number of fused-ring (bicyclic) bond motifs is 2. The number of carbonyl (C=O) groups is 1. The number of ketones is 1. The van der Waals surface area contributed by atoms with E-state index in [-0.39, 0.29) is 5.78 Å². The lowest BCUT2D eigenvalue weighted by molar-refractivity contribution is 0.0940. The van der Waals surface area contributed by atoms with Crippen LogP contribution in [0.15, 0.2) is 48.8 Å². The summed E-state index contributed by atoms with van der Waals surface area (Å²) in [4.78, 5) is 26.9. The van der Waals surface area contributed by atoms with Crippen LogP contribution < -0.4 is 9.64 Å². The number of ether oxygens (including phenoxy) is 1. The van der Waals surface area contributed by atoms with Gasteiger partial charge in [-0.3, -0.25) is 14.7 Å². The van der Waals surface area contributed by atoms with Crippen LogP contribution >= 0.6 is 0 Å². The number of Topliss-reactive ketones (excluding diaryl/α,β-unsaturated/α-hetero) is 1. The van der Waals surface area contributed by atoms with E-state index >= 15 is 0 Å². The first-order valence-corrected chi connectivity index (χ1v) is 13.7. The molecule has 0 N–H and O–H groups in total. The molecule has 1 aliphatic carbocycles. The Bertz CT molecular complexity index is 1210. The molecule has 0 spiro atoms. The number of pyridine rings is 2. The molecule has 0 unspecified atom stereocenters. The van der Waals surface area contributed by atoms with Gasteiger partial charge in [-0.15, -0.1) is 0 Å². The second-order valence-electron chi connectivity index (χ2n) is 10.8. The number of rotatable bonds is 7. The number of benzene rings is 1. The molecule has 1 aromatic carbocycles. The monoisotopic (exact) mass is 484 g/mol. The molecule has 1 saturated carbocycles. The molecule has 0 radical (unpaired) electrons. The summed E-state index contributed by atoms with van der Waals surface area (Å²) in [5, 5.41) is 1.05. The smallest absolute Gasteiger partial charge is 0.171 e. The van der Waals surface area contributed by atoms with Crippen LogP contribution in [0.5, 0.6) is 5.75 Å². The number of carbonyl (C=O) groups excluding carboxylic acids is 1. The van der Waals surface area contributed by atoms with E-state index in [0.717, 1.165) is 73.2 Å². The number of nitrogens with zero attached hydrogens (tertiary/aromatic N) is 4. The highest BCUT2D eigenvalue weighted by Crippen LogP contribution is 2.35. The van der Waals surface area contributed by atoms with Crippen molar-refractivity contribution in [2.75, 3.05) is 44.2 Å². The van der Waals surface area contributed by atoms with E-state index < -0.39 is 0 Å². The molecule has 3 aromatic rings. The standard InChI is InChI=1S/C30H36N4O2/c35-28(26-7-8-27-25(21-26)2-1-12-31-27)20-23-5-3-22(4-6-23)10-14-33-15-17-34(18-16-33)30-29-24(9-13-32-30)11-19-36-29/h1-2,7-9,12-13,21-23H,3-6,10-11,14-20H2. The van der Waals surface area contributed by atoms with Crippen molar-refractivity contribution in [1.82, 2.24) is 14.9 Å². The Kier molecular flexibility index (Phi) is 6.86. The largest absolute Gasteiger partial charge is 0.489 e. The number of hydrogen-bond donors (Lipinski definition) is 0. The first-order chi connectivity index (χ1) is 17.7. The zero-order chi connectivity index (χ0) is 24.3. The number of aromatic nitrogens is 2. The third-order valence-electron chi connectivity index (χ3n) is 8.48. The van der Waals surface area contributed by atoms with Gasteiger partial charge < -0.3 is 9.64 Å². The predicted octanol–water partition coefficient (Wildman–Crippen LogP) is 5.16. The number of hydrogen-bond acceptors (Lipinski definition) is 6. The van der Waals surface area contributed by atoms with Gasteiger partial charge in [-0.25, -0.2) is 4.98 Å². The Balaban J connectivity index is 0.928. The third kappa shape index (κ3) is 5.10. The van der Waals surface area contributed by atoms with Gasteiger partial charge in [-0.2, -0.15) is 0 Å². The maximum absolute atomic E-state index is 12.9. The van der Waals surface area contributed by atoms with E-state index in [1.54, 1.807) is 6.20 Å². The molecule has 6 nitrogen and oxygen atoms in total. The molecule has 6 rings (SSSR count). The van der Waals surface area contributed by atoms with Crippen molar-refractivity contribution in [3.8, 4) is 5.75 Å². The summed E-state index contributed by atoms with van der Waals surface area (Å²) in [6, 6.07) is 12.0. The Morgan fingerprint density at radius 1 is 0.944 bits per heavy atom. The van der Waals surface area contributed by atoms with Crippen molar-refractivity contribution < 1.29 is 9.53 Å². The SMILES string of the molecule is O=C(CC1CCC(CCN2CCN(c3nccc4c3OCC4)CC2)CC1)c1ccc2ncccc2c1. The molecule has 0 bridgehead atoms. The van der Waals surface area contributed by atoms with Crippen molar-refractivity contribution in [3.05, 3.63) is 59.9 Å². The summed E-state index contributed by atoms with van der Waals surface area (Å²) >= 11 is 0. The zero-order valence-corrected chi connectivity index (χ0v) is 21.1. The Labute approximate surface area is 213 Å². The molecule has 4 heterocycles. The average Bonchev–Trinajstić information content (AvgIpc) is 3.42. The van der Waals surface area contributed by atoms with Gasteiger partial charge in [0.15, 0.2) is 17.4 Å². The van der Waals surface area contributed by atoms with Gasteiger partial charge in [-0.05, 0) is 68.0 Å². The van der Waals surface area contributed by atoms with Crippen LogP contribution in [0.1, 0.15) is 54.4 Å². The second-order valence-corrected chi connectivity index (χ2v) is 10.8. The van der Waals surface area contributed by atoms with Crippen molar-refractivity contribution in [2.45, 2.75) is 44.9 Å². The maximum atomic E-state index is 12.9. The lowest BCUT2D eigenvalue weighted by Gasteiger charge is -2.37. The van der Waals surface area contributed by atoms with E-state index in [1.807, 2.05) is 36.5 Å². The quantitative estimate of drug-likeness (QED) is 0.432. The average molecular weight is 485 g/mol. The van der Waals surface area contributed by atoms with Crippen LogP contribution in [-0.2, 0) is 6.42 Å². The summed E-state index contributed by atoms with van der Waals surface area (Å²) in [6.07, 6.45) is 11.6. The lowest BCUT2D eigenvalue weighted by atomic mass is 9.78. The minimum atomic E-state index is 0.283. The van der Waals surface area contributed by atoms with Crippen LogP contribution in [0.4, 0.5) is 5.82 Å². The van der Waals surface area contributed by atoms with Gasteiger partial charge in [0.25, 0.3) is 0 Å². The molecule has 36 heavy (non-hydrogen) atoms. The highest BCUT2D eigenvalue weighted by molar-refractivity contribution is 5.99. The van der Waals surface area contributed by atoms with Gasteiger partial charge >= 0.3 is 0 Å². The van der Waals surface area contributed by atoms with Crippen LogP contribution in [0, 0.1) is 11.8 Å². The zero-order valence-electron chi connectivity index (χ0n) is 21.1. The Morgan fingerprint density at radius 3 is 2.64 bits per heavy atom. The number of anilines is 1. The predicted molar refractivity (Wildman–Crippen MR) is 143 cm³/mol. The summed E-state index contributed by atoms with van der Waals surface area (Å²) in [5.41, 5.74) is 3.08. The van der Waals surface area contributed by atoms with Gasteiger partial charge in [-0.1, -0.05) is 18.9 Å². The van der Waals surface area contributed by atoms with Crippen LogP contribution in [0.3, 0.4) is 0 Å². The first-order valence-electron chi connectivity index (χ1n) is 13.7. The van der Waals surface area contributed by atoms with E-state index in [9.17, 15) is 4.79 Å². The molecule has 0 amide bonds. The Hall–Kier alpha value is -2.99. The highest BCUT2D eigenvalue weighted by Gasteiger charge is 2.27. The van der Waals surface area contributed by atoms with E-state index in [0.29, 0.717) is 12.3 Å². The topological polar surface area (TPSA) is 58.6 Å². The van der Waals surface area contributed by atoms with E-state index in [1.165, 1.54) is 44.2 Å². The molecule has 2 aromatic heterocycles.